The molecule has 1 saturated heterocycles. The minimum atomic E-state index is -4.29. The SMILES string of the molecule is CCOc1nc(N)nc2c1ncn2[C@@H]1O[C@H](COP(=O)(N[C@@H](C)C(=O)OCC(C)(C)C)N[C@@H](C)C(=O)OCC(C)(C)C)[C@@H](O)[C@H]1F. The monoisotopic (exact) mass is 675 g/mol. The van der Waals surface area contributed by atoms with Crippen LogP contribution in [-0.4, -0.2) is 93.5 Å². The lowest BCUT2D eigenvalue weighted by Crippen LogP contribution is -2.44. The molecule has 0 aliphatic carbocycles. The summed E-state index contributed by atoms with van der Waals surface area (Å²) in [6, 6.07) is -2.31. The zero-order chi connectivity index (χ0) is 34.6. The molecule has 3 heterocycles. The number of hydrogen-bond acceptors (Lipinski definition) is 13. The second-order valence-corrected chi connectivity index (χ2v) is 15.4. The number of rotatable bonds is 14. The van der Waals surface area contributed by atoms with E-state index in [0.29, 0.717) is 0 Å². The summed E-state index contributed by atoms with van der Waals surface area (Å²) in [7, 11) is -4.29. The quantitative estimate of drug-likeness (QED) is 0.167. The fourth-order valence-electron chi connectivity index (χ4n) is 4.13. The number of aromatic nitrogens is 4. The Kier molecular flexibility index (Phi) is 12.1. The molecule has 2 aromatic heterocycles. The van der Waals surface area contributed by atoms with Crippen molar-refractivity contribution in [3.05, 3.63) is 6.33 Å². The Hall–Kier alpha value is -2.95. The van der Waals surface area contributed by atoms with Crippen LogP contribution in [0.2, 0.25) is 0 Å². The van der Waals surface area contributed by atoms with Gasteiger partial charge in [0.25, 0.3) is 0 Å². The normalized spacial score (nSPS) is 22.1. The van der Waals surface area contributed by atoms with Crippen molar-refractivity contribution in [1.29, 1.82) is 0 Å². The zero-order valence-corrected chi connectivity index (χ0v) is 28.7. The van der Waals surface area contributed by atoms with E-state index in [1.165, 1.54) is 24.7 Å². The van der Waals surface area contributed by atoms with Crippen LogP contribution in [0.5, 0.6) is 5.88 Å². The number of esters is 2. The summed E-state index contributed by atoms with van der Waals surface area (Å²) in [5, 5.41) is 15.9. The molecule has 0 spiro atoms. The highest BCUT2D eigenvalue weighted by atomic mass is 31.2. The average molecular weight is 676 g/mol. The molecule has 1 fully saturated rings. The molecule has 260 valence electrons. The molecule has 0 unspecified atom stereocenters. The topological polar surface area (TPSA) is 211 Å². The number of nitrogens with two attached hydrogens (primary N) is 1. The van der Waals surface area contributed by atoms with E-state index in [2.05, 4.69) is 25.1 Å². The third kappa shape index (κ3) is 10.0. The van der Waals surface area contributed by atoms with E-state index in [0.717, 1.165) is 0 Å². The summed E-state index contributed by atoms with van der Waals surface area (Å²) in [5.74, 6) is -1.48. The van der Waals surface area contributed by atoms with Crippen LogP contribution < -0.4 is 20.6 Å². The van der Waals surface area contributed by atoms with Crippen LogP contribution in [0.25, 0.3) is 11.2 Å². The molecule has 1 aliphatic heterocycles. The summed E-state index contributed by atoms with van der Waals surface area (Å²) in [6.45, 7) is 15.7. The maximum absolute atomic E-state index is 15.5. The first-order valence-electron chi connectivity index (χ1n) is 15.0. The summed E-state index contributed by atoms with van der Waals surface area (Å²) < 4.78 is 58.4. The van der Waals surface area contributed by atoms with Gasteiger partial charge >= 0.3 is 19.6 Å². The maximum Gasteiger partial charge on any atom is 0.342 e. The number of halogens is 1. The first kappa shape index (κ1) is 37.5. The molecule has 3 rings (SSSR count). The van der Waals surface area contributed by atoms with Gasteiger partial charge in [-0.1, -0.05) is 41.5 Å². The number of aliphatic hydroxyl groups is 1. The second kappa shape index (κ2) is 14.9. The lowest BCUT2D eigenvalue weighted by Gasteiger charge is -2.28. The van der Waals surface area contributed by atoms with Gasteiger partial charge in [0, 0.05) is 0 Å². The summed E-state index contributed by atoms with van der Waals surface area (Å²) >= 11 is 0. The van der Waals surface area contributed by atoms with E-state index < -0.39 is 62.9 Å². The summed E-state index contributed by atoms with van der Waals surface area (Å²) in [6.07, 6.45) is -5.24. The largest absolute Gasteiger partial charge is 0.476 e. The molecule has 0 radical (unpaired) electrons. The zero-order valence-electron chi connectivity index (χ0n) is 27.8. The third-order valence-electron chi connectivity index (χ3n) is 6.41. The highest BCUT2D eigenvalue weighted by Gasteiger charge is 2.47. The molecule has 0 amide bonds. The lowest BCUT2D eigenvalue weighted by molar-refractivity contribution is -0.148. The van der Waals surface area contributed by atoms with Crippen LogP contribution in [0.15, 0.2) is 6.33 Å². The van der Waals surface area contributed by atoms with E-state index in [4.69, 9.17) is 29.2 Å². The highest BCUT2D eigenvalue weighted by Crippen LogP contribution is 2.42. The number of nitrogen functional groups attached to an aromatic ring is 1. The van der Waals surface area contributed by atoms with Crippen molar-refractivity contribution in [2.75, 3.05) is 32.2 Å². The fraction of sp³-hybridized carbons (Fsp3) is 0.750. The number of hydrogen-bond donors (Lipinski definition) is 4. The van der Waals surface area contributed by atoms with Gasteiger partial charge in [-0.3, -0.25) is 18.7 Å². The van der Waals surface area contributed by atoms with Gasteiger partial charge in [0.05, 0.1) is 32.8 Å². The van der Waals surface area contributed by atoms with Crippen LogP contribution >= 0.6 is 7.67 Å². The first-order valence-corrected chi connectivity index (χ1v) is 16.6. The van der Waals surface area contributed by atoms with Crippen molar-refractivity contribution in [3.8, 4) is 5.88 Å². The van der Waals surface area contributed by atoms with Crippen molar-refractivity contribution in [1.82, 2.24) is 29.7 Å². The van der Waals surface area contributed by atoms with Crippen LogP contribution in [-0.2, 0) is 32.9 Å². The smallest absolute Gasteiger partial charge is 0.342 e. The Morgan fingerprint density at radius 3 is 2.13 bits per heavy atom. The van der Waals surface area contributed by atoms with Crippen LogP contribution in [0.3, 0.4) is 0 Å². The van der Waals surface area contributed by atoms with Gasteiger partial charge in [0.2, 0.25) is 11.8 Å². The molecule has 6 atom stereocenters. The minimum absolute atomic E-state index is 0.0962. The Balaban J connectivity index is 1.79. The number of nitrogens with one attached hydrogen (secondary N) is 2. The summed E-state index contributed by atoms with van der Waals surface area (Å²) in [5.41, 5.74) is 5.48. The Labute approximate surface area is 267 Å². The van der Waals surface area contributed by atoms with Crippen molar-refractivity contribution in [2.45, 2.75) is 99.0 Å². The van der Waals surface area contributed by atoms with E-state index in [9.17, 15) is 19.3 Å². The maximum atomic E-state index is 15.5. The number of aliphatic hydroxyl groups excluding tert-OH is 1. The number of carbonyl (C=O) groups excluding carboxylic acids is 2. The van der Waals surface area contributed by atoms with E-state index in [-0.39, 0.29) is 53.6 Å². The van der Waals surface area contributed by atoms with Gasteiger partial charge in [-0.25, -0.2) is 19.5 Å². The van der Waals surface area contributed by atoms with Gasteiger partial charge in [0.15, 0.2) is 23.6 Å². The summed E-state index contributed by atoms with van der Waals surface area (Å²) in [4.78, 5) is 37.7. The number of ether oxygens (including phenoxy) is 4. The average Bonchev–Trinajstić information content (AvgIpc) is 3.48. The molecule has 2 aromatic rings. The Bertz CT molecular complexity index is 1370. The van der Waals surface area contributed by atoms with Crippen LogP contribution in [0, 0.1) is 10.8 Å². The van der Waals surface area contributed by atoms with E-state index in [1.54, 1.807) is 6.92 Å². The van der Waals surface area contributed by atoms with Crippen molar-refractivity contribution < 1.29 is 47.1 Å². The van der Waals surface area contributed by atoms with Gasteiger partial charge in [-0.2, -0.15) is 9.97 Å². The molecule has 1 aliphatic rings. The molecule has 46 heavy (non-hydrogen) atoms. The number of nitrogens with zero attached hydrogens (tertiary/aromatic N) is 4. The second-order valence-electron chi connectivity index (χ2n) is 13.5. The molecular formula is C28H47FN7O9P. The molecule has 0 bridgehead atoms. The van der Waals surface area contributed by atoms with Crippen molar-refractivity contribution in [3.63, 3.8) is 0 Å². The highest BCUT2D eigenvalue weighted by molar-refractivity contribution is 7.54. The predicted molar refractivity (Wildman–Crippen MR) is 165 cm³/mol. The molecule has 18 heteroatoms. The van der Waals surface area contributed by atoms with E-state index >= 15 is 4.39 Å². The minimum Gasteiger partial charge on any atom is -0.476 e. The molecular weight excluding hydrogens is 628 g/mol. The first-order chi connectivity index (χ1) is 21.2. The van der Waals surface area contributed by atoms with Crippen LogP contribution in [0.1, 0.15) is 68.5 Å². The van der Waals surface area contributed by atoms with Gasteiger partial charge in [-0.15, -0.1) is 0 Å². The Morgan fingerprint density at radius 1 is 1.09 bits per heavy atom. The van der Waals surface area contributed by atoms with Gasteiger partial charge in [-0.05, 0) is 31.6 Å². The molecule has 0 aromatic carbocycles. The van der Waals surface area contributed by atoms with Crippen molar-refractivity contribution >= 4 is 36.7 Å². The number of fused-ring (bicyclic) bond motifs is 1. The molecule has 16 nitrogen and oxygen atoms in total. The van der Waals surface area contributed by atoms with Crippen molar-refractivity contribution in [2.24, 2.45) is 10.8 Å². The Morgan fingerprint density at radius 2 is 1.63 bits per heavy atom. The van der Waals surface area contributed by atoms with Gasteiger partial charge in [0.1, 0.15) is 24.3 Å². The lowest BCUT2D eigenvalue weighted by atomic mass is 9.99. The van der Waals surface area contributed by atoms with Gasteiger partial charge < -0.3 is 34.3 Å². The standard InChI is InChI=1S/C28H47FN7O9P/c1-10-41-22-19-21(32-26(30)33-22)36(14-31-19)23-18(29)20(37)17(45-23)11-44-46(40,34-15(2)24(38)42-12-27(4,5)6)35-16(3)25(39)43-13-28(7,8)9/h14-18,20,23,37H,10-13H2,1-9H3,(H2,30,32,33)(H2,34,35,40)/t15-,16-,17+,18+,20+,23+/m0/s1. The predicted octanol–water partition coefficient (Wildman–Crippen LogP) is 2.66. The van der Waals surface area contributed by atoms with Crippen LogP contribution in [0.4, 0.5) is 10.3 Å². The number of anilines is 1. The number of carbonyl (C=O) groups is 2. The third-order valence-corrected chi connectivity index (χ3v) is 8.37. The fourth-order valence-corrected chi connectivity index (χ4v) is 5.94. The van der Waals surface area contributed by atoms with E-state index in [1.807, 2.05) is 41.5 Å². The molecule has 0 saturated carbocycles. The number of imidazole rings is 1. The number of alkyl halides is 1. The molecule has 5 N–H and O–H groups in total.